The molecule has 0 bridgehead atoms. The van der Waals surface area contributed by atoms with Crippen LogP contribution in [0.5, 0.6) is 0 Å². The van der Waals surface area contributed by atoms with Crippen LogP contribution >= 0.6 is 0 Å². The Morgan fingerprint density at radius 2 is 2.15 bits per heavy atom. The highest BCUT2D eigenvalue weighted by molar-refractivity contribution is 5.93. The summed E-state index contributed by atoms with van der Waals surface area (Å²) < 4.78 is 3.10. The van der Waals surface area contributed by atoms with E-state index in [9.17, 15) is 9.59 Å². The molecule has 140 valence electrons. The van der Waals surface area contributed by atoms with E-state index in [2.05, 4.69) is 10.1 Å². The van der Waals surface area contributed by atoms with Gasteiger partial charge in [-0.15, -0.1) is 0 Å². The van der Waals surface area contributed by atoms with Crippen molar-refractivity contribution in [2.75, 3.05) is 19.7 Å². The first kappa shape index (κ1) is 17.4. The van der Waals surface area contributed by atoms with Crippen LogP contribution in [0.25, 0.3) is 5.65 Å². The lowest BCUT2D eigenvalue weighted by molar-refractivity contribution is 0.0703. The minimum absolute atomic E-state index is 0.0370. The molecular formula is C19H21N5O3. The maximum Gasteiger partial charge on any atom is 0.270 e. The van der Waals surface area contributed by atoms with Gasteiger partial charge in [0.15, 0.2) is 0 Å². The van der Waals surface area contributed by atoms with Gasteiger partial charge in [0.25, 0.3) is 11.5 Å². The summed E-state index contributed by atoms with van der Waals surface area (Å²) >= 11 is 0. The van der Waals surface area contributed by atoms with Gasteiger partial charge in [-0.1, -0.05) is 6.07 Å². The maximum atomic E-state index is 13.0. The monoisotopic (exact) mass is 367 g/mol. The number of carbonyl (C=O) groups excluding carboxylic acids is 1. The molecule has 1 N–H and O–H groups in total. The van der Waals surface area contributed by atoms with Gasteiger partial charge in [-0.25, -0.2) is 4.98 Å². The van der Waals surface area contributed by atoms with E-state index in [1.807, 2.05) is 12.3 Å². The lowest BCUT2D eigenvalue weighted by Gasteiger charge is -2.31. The summed E-state index contributed by atoms with van der Waals surface area (Å²) in [6.07, 6.45) is 6.63. The Morgan fingerprint density at radius 3 is 3.00 bits per heavy atom. The first-order valence-corrected chi connectivity index (χ1v) is 9.07. The first-order valence-electron chi connectivity index (χ1n) is 9.07. The average molecular weight is 367 g/mol. The summed E-state index contributed by atoms with van der Waals surface area (Å²) in [5.74, 6) is -0.163. The van der Waals surface area contributed by atoms with Gasteiger partial charge in [0.1, 0.15) is 11.2 Å². The molecule has 1 saturated heterocycles. The predicted octanol–water partition coefficient (Wildman–Crippen LogP) is 0.903. The van der Waals surface area contributed by atoms with Gasteiger partial charge in [-0.3, -0.25) is 18.7 Å². The molecule has 0 saturated carbocycles. The summed E-state index contributed by atoms with van der Waals surface area (Å²) in [5, 5.41) is 13.5. The minimum atomic E-state index is -0.347. The van der Waals surface area contributed by atoms with Crippen LogP contribution in [0.4, 0.5) is 0 Å². The smallest absolute Gasteiger partial charge is 0.270 e. The van der Waals surface area contributed by atoms with Crippen molar-refractivity contribution in [2.45, 2.75) is 25.3 Å². The Labute approximate surface area is 155 Å². The summed E-state index contributed by atoms with van der Waals surface area (Å²) in [7, 11) is 0. The number of aliphatic hydroxyl groups is 1. The van der Waals surface area contributed by atoms with Crippen LogP contribution in [0.15, 0.2) is 47.7 Å². The van der Waals surface area contributed by atoms with Gasteiger partial charge in [0.2, 0.25) is 0 Å². The van der Waals surface area contributed by atoms with E-state index in [1.54, 1.807) is 34.0 Å². The zero-order valence-corrected chi connectivity index (χ0v) is 14.9. The summed E-state index contributed by atoms with van der Waals surface area (Å²) in [6.45, 7) is 1.62. The second-order valence-electron chi connectivity index (χ2n) is 6.72. The van der Waals surface area contributed by atoms with Crippen molar-refractivity contribution >= 4 is 11.6 Å². The van der Waals surface area contributed by atoms with Crippen molar-refractivity contribution in [3.63, 3.8) is 0 Å². The number of piperidine rings is 1. The SMILES string of the molecule is O=C(c1cnc2ccccn2c1=O)N1CCC[C@H](c2ccn(CCO)n2)C1. The van der Waals surface area contributed by atoms with Crippen molar-refractivity contribution in [1.29, 1.82) is 0 Å². The molecule has 0 radical (unpaired) electrons. The third kappa shape index (κ3) is 3.35. The number of likely N-dealkylation sites (tertiary alicyclic amines) is 1. The lowest BCUT2D eigenvalue weighted by Crippen LogP contribution is -2.41. The highest BCUT2D eigenvalue weighted by atomic mass is 16.3. The molecule has 3 aromatic rings. The number of aromatic nitrogens is 4. The number of carbonyl (C=O) groups is 1. The molecule has 3 aromatic heterocycles. The topological polar surface area (TPSA) is 92.7 Å². The van der Waals surface area contributed by atoms with Crippen molar-refractivity contribution < 1.29 is 9.90 Å². The molecule has 4 heterocycles. The molecule has 8 nitrogen and oxygen atoms in total. The molecule has 4 rings (SSSR count). The first-order chi connectivity index (χ1) is 13.2. The zero-order chi connectivity index (χ0) is 18.8. The Morgan fingerprint density at radius 1 is 1.26 bits per heavy atom. The second-order valence-corrected chi connectivity index (χ2v) is 6.72. The molecule has 0 spiro atoms. The summed E-state index contributed by atoms with van der Waals surface area (Å²) in [4.78, 5) is 31.6. The highest BCUT2D eigenvalue weighted by Crippen LogP contribution is 2.26. The van der Waals surface area contributed by atoms with Gasteiger partial charge < -0.3 is 10.0 Å². The van der Waals surface area contributed by atoms with E-state index in [0.29, 0.717) is 25.3 Å². The summed E-state index contributed by atoms with van der Waals surface area (Å²) in [5.41, 5.74) is 1.17. The van der Waals surface area contributed by atoms with Crippen LogP contribution in [-0.2, 0) is 6.54 Å². The van der Waals surface area contributed by atoms with Crippen LogP contribution < -0.4 is 5.56 Å². The normalized spacial score (nSPS) is 17.4. The van der Waals surface area contributed by atoms with E-state index in [0.717, 1.165) is 18.5 Å². The number of fused-ring (bicyclic) bond motifs is 1. The molecule has 1 fully saturated rings. The van der Waals surface area contributed by atoms with Crippen molar-refractivity contribution in [1.82, 2.24) is 24.1 Å². The van der Waals surface area contributed by atoms with Gasteiger partial charge in [0.05, 0.1) is 18.8 Å². The molecule has 27 heavy (non-hydrogen) atoms. The number of hydrogen-bond donors (Lipinski definition) is 1. The minimum Gasteiger partial charge on any atom is -0.394 e. The van der Waals surface area contributed by atoms with E-state index >= 15 is 0 Å². The number of amides is 1. The van der Waals surface area contributed by atoms with E-state index in [1.165, 1.54) is 10.6 Å². The zero-order valence-electron chi connectivity index (χ0n) is 14.9. The van der Waals surface area contributed by atoms with Crippen molar-refractivity contribution in [3.8, 4) is 0 Å². The summed E-state index contributed by atoms with van der Waals surface area (Å²) in [6, 6.07) is 7.20. The predicted molar refractivity (Wildman–Crippen MR) is 98.7 cm³/mol. The number of aliphatic hydroxyl groups excluding tert-OH is 1. The fourth-order valence-electron chi connectivity index (χ4n) is 3.57. The Balaban J connectivity index is 1.56. The van der Waals surface area contributed by atoms with Gasteiger partial charge in [0, 0.05) is 37.6 Å². The molecule has 0 aromatic carbocycles. The third-order valence-corrected chi connectivity index (χ3v) is 4.96. The van der Waals surface area contributed by atoms with Gasteiger partial charge >= 0.3 is 0 Å². The van der Waals surface area contributed by atoms with Crippen LogP contribution in [0.1, 0.15) is 34.8 Å². The van der Waals surface area contributed by atoms with Crippen LogP contribution in [0.3, 0.4) is 0 Å². The quantitative estimate of drug-likeness (QED) is 0.740. The van der Waals surface area contributed by atoms with E-state index in [4.69, 9.17) is 5.11 Å². The van der Waals surface area contributed by atoms with Crippen molar-refractivity contribution in [3.05, 3.63) is 64.5 Å². The van der Waals surface area contributed by atoms with Crippen molar-refractivity contribution in [2.24, 2.45) is 0 Å². The van der Waals surface area contributed by atoms with E-state index in [-0.39, 0.29) is 29.6 Å². The largest absolute Gasteiger partial charge is 0.394 e. The number of nitrogens with zero attached hydrogens (tertiary/aromatic N) is 5. The Hall–Kier alpha value is -3.00. The fourth-order valence-corrected chi connectivity index (χ4v) is 3.57. The molecule has 1 aliphatic rings. The fraction of sp³-hybridized carbons (Fsp3) is 0.368. The molecular weight excluding hydrogens is 346 g/mol. The van der Waals surface area contributed by atoms with Crippen LogP contribution in [-0.4, -0.2) is 54.8 Å². The molecule has 1 aliphatic heterocycles. The Kier molecular flexibility index (Phi) is 4.72. The third-order valence-electron chi connectivity index (χ3n) is 4.96. The van der Waals surface area contributed by atoms with Crippen LogP contribution in [0, 0.1) is 0 Å². The number of hydrogen-bond acceptors (Lipinski definition) is 5. The van der Waals surface area contributed by atoms with Crippen LogP contribution in [0.2, 0.25) is 0 Å². The highest BCUT2D eigenvalue weighted by Gasteiger charge is 2.28. The molecule has 0 aliphatic carbocycles. The molecule has 1 amide bonds. The lowest BCUT2D eigenvalue weighted by atomic mass is 9.94. The standard InChI is InChI=1S/C19H21N5O3/c25-11-10-23-9-6-16(21-23)14-4-3-7-22(13-14)18(26)15-12-20-17-5-1-2-8-24(17)19(15)27/h1-2,5-6,8-9,12,14,25H,3-4,7,10-11,13H2/t14-/m0/s1. The molecule has 8 heteroatoms. The van der Waals surface area contributed by atoms with Gasteiger partial charge in [-0.2, -0.15) is 5.10 Å². The molecule has 1 atom stereocenters. The number of rotatable bonds is 4. The Bertz CT molecular complexity index is 1030. The maximum absolute atomic E-state index is 13.0. The number of pyridine rings is 1. The molecule has 0 unspecified atom stereocenters. The van der Waals surface area contributed by atoms with Gasteiger partial charge in [-0.05, 0) is 31.0 Å². The average Bonchev–Trinajstić information content (AvgIpc) is 3.17. The van der Waals surface area contributed by atoms with E-state index < -0.39 is 0 Å². The second kappa shape index (κ2) is 7.32.